The van der Waals surface area contributed by atoms with E-state index in [2.05, 4.69) is 10.6 Å². The Morgan fingerprint density at radius 2 is 1.51 bits per heavy atom. The van der Waals surface area contributed by atoms with Gasteiger partial charge in [-0.05, 0) is 96.0 Å². The third-order valence-corrected chi connectivity index (χ3v) is 7.12. The minimum atomic E-state index is -0.937. The van der Waals surface area contributed by atoms with E-state index in [4.69, 9.17) is 4.74 Å². The van der Waals surface area contributed by atoms with Gasteiger partial charge >= 0.3 is 6.09 Å². The molecule has 0 fully saturated rings. The first-order valence-electron chi connectivity index (χ1n) is 13.7. The molecule has 0 bridgehead atoms. The summed E-state index contributed by atoms with van der Waals surface area (Å²) in [5.74, 6) is -0.909. The Hall–Kier alpha value is -3.35. The first kappa shape index (κ1) is 31.9. The normalized spacial score (nSPS) is 13.4. The maximum absolute atomic E-state index is 14.5. The van der Waals surface area contributed by atoms with Gasteiger partial charge in [-0.25, -0.2) is 4.79 Å². The molecule has 2 rings (SSSR count). The average Bonchev–Trinajstić information content (AvgIpc) is 2.82. The van der Waals surface area contributed by atoms with Crippen LogP contribution in [0.5, 0.6) is 0 Å². The number of alkyl carbamates (subject to hydrolysis) is 1. The molecule has 0 aliphatic carbocycles. The fraction of sp³-hybridized carbons (Fsp3) is 0.531. The monoisotopic (exact) mass is 537 g/mol. The topological polar surface area (TPSA) is 87.7 Å². The SMILES string of the molecule is CCC(C)(C)N(C(=O)C(NC(=O)OC(C)(C)C)C(C)C)C(C(=O)Nc1ccccc1C)c1ccc(C)c(C)c1. The number of anilines is 1. The summed E-state index contributed by atoms with van der Waals surface area (Å²) < 4.78 is 5.47. The number of nitrogens with one attached hydrogen (secondary N) is 2. The summed E-state index contributed by atoms with van der Waals surface area (Å²) in [5.41, 5.74) is 3.00. The summed E-state index contributed by atoms with van der Waals surface area (Å²) in [6.07, 6.45) is -0.0782. The Morgan fingerprint density at radius 1 is 0.897 bits per heavy atom. The van der Waals surface area contributed by atoms with Crippen molar-refractivity contribution >= 4 is 23.6 Å². The molecule has 7 heteroatoms. The highest BCUT2D eigenvalue weighted by atomic mass is 16.6. The van der Waals surface area contributed by atoms with Gasteiger partial charge in [-0.15, -0.1) is 0 Å². The molecule has 0 aromatic heterocycles. The molecule has 2 atom stereocenters. The summed E-state index contributed by atoms with van der Waals surface area (Å²) in [6, 6.07) is 11.6. The second-order valence-corrected chi connectivity index (χ2v) is 12.3. The fourth-order valence-corrected chi connectivity index (χ4v) is 4.31. The summed E-state index contributed by atoms with van der Waals surface area (Å²) in [5, 5.41) is 5.86. The predicted octanol–water partition coefficient (Wildman–Crippen LogP) is 6.86. The number of para-hydroxylation sites is 1. The number of carbonyl (C=O) groups excluding carboxylic acids is 3. The van der Waals surface area contributed by atoms with E-state index in [-0.39, 0.29) is 17.7 Å². The van der Waals surface area contributed by atoms with Crippen LogP contribution in [0.2, 0.25) is 0 Å². The standard InChI is InChI=1S/C32H47N3O4/c1-12-32(10,11)35(29(37)26(20(2)3)34-30(38)39-31(7,8)9)27(24-18-17-21(4)23(6)19-24)28(36)33-25-16-14-13-15-22(25)5/h13-20,26-27H,12H2,1-11H3,(H,33,36)(H,34,38). The van der Waals surface area contributed by atoms with Crippen molar-refractivity contribution in [2.24, 2.45) is 5.92 Å². The van der Waals surface area contributed by atoms with Crippen LogP contribution in [-0.4, -0.2) is 40.0 Å². The van der Waals surface area contributed by atoms with Gasteiger partial charge < -0.3 is 20.3 Å². The number of amides is 3. The third-order valence-electron chi connectivity index (χ3n) is 7.12. The van der Waals surface area contributed by atoms with Gasteiger partial charge in [0.05, 0.1) is 0 Å². The fourth-order valence-electron chi connectivity index (χ4n) is 4.31. The average molecular weight is 538 g/mol. The van der Waals surface area contributed by atoms with Crippen LogP contribution in [0.1, 0.15) is 90.1 Å². The summed E-state index contributed by atoms with van der Waals surface area (Å²) in [6.45, 7) is 20.9. The zero-order valence-electron chi connectivity index (χ0n) is 25.6. The summed E-state index contributed by atoms with van der Waals surface area (Å²) >= 11 is 0. The zero-order valence-corrected chi connectivity index (χ0v) is 25.6. The largest absolute Gasteiger partial charge is 0.444 e. The third kappa shape index (κ3) is 8.32. The van der Waals surface area contributed by atoms with Crippen LogP contribution in [0.4, 0.5) is 10.5 Å². The molecule has 0 heterocycles. The number of hydrogen-bond donors (Lipinski definition) is 2. The lowest BCUT2D eigenvalue weighted by Gasteiger charge is -2.45. The van der Waals surface area contributed by atoms with Gasteiger partial charge in [0.1, 0.15) is 17.7 Å². The van der Waals surface area contributed by atoms with Crippen molar-refractivity contribution in [3.63, 3.8) is 0 Å². The van der Waals surface area contributed by atoms with E-state index in [0.29, 0.717) is 17.7 Å². The molecular formula is C32H47N3O4. The molecule has 7 nitrogen and oxygen atoms in total. The van der Waals surface area contributed by atoms with Gasteiger partial charge in [-0.3, -0.25) is 9.59 Å². The van der Waals surface area contributed by atoms with Gasteiger partial charge in [0.2, 0.25) is 5.91 Å². The van der Waals surface area contributed by atoms with Gasteiger partial charge in [-0.1, -0.05) is 57.2 Å². The quantitative estimate of drug-likeness (QED) is 0.366. The van der Waals surface area contributed by atoms with E-state index in [1.165, 1.54) is 0 Å². The number of benzene rings is 2. The zero-order chi connectivity index (χ0) is 29.7. The van der Waals surface area contributed by atoms with Crippen molar-refractivity contribution in [3.05, 3.63) is 64.7 Å². The maximum atomic E-state index is 14.5. The minimum Gasteiger partial charge on any atom is -0.444 e. The Balaban J connectivity index is 2.68. The van der Waals surface area contributed by atoms with Gasteiger partial charge in [0.15, 0.2) is 0 Å². The van der Waals surface area contributed by atoms with Crippen LogP contribution in [0.15, 0.2) is 42.5 Å². The molecule has 214 valence electrons. The first-order valence-corrected chi connectivity index (χ1v) is 13.7. The van der Waals surface area contributed by atoms with E-state index in [1.807, 2.05) is 97.9 Å². The Morgan fingerprint density at radius 3 is 2.03 bits per heavy atom. The van der Waals surface area contributed by atoms with Crippen LogP contribution < -0.4 is 10.6 Å². The van der Waals surface area contributed by atoms with E-state index in [9.17, 15) is 14.4 Å². The van der Waals surface area contributed by atoms with E-state index in [0.717, 1.165) is 16.7 Å². The Bertz CT molecular complexity index is 1180. The summed E-state index contributed by atoms with van der Waals surface area (Å²) in [4.78, 5) is 43.0. The molecule has 2 aromatic carbocycles. The Kier molecular flexibility index (Phi) is 10.4. The van der Waals surface area contributed by atoms with Crippen molar-refractivity contribution < 1.29 is 19.1 Å². The number of ether oxygens (including phenoxy) is 1. The lowest BCUT2D eigenvalue weighted by molar-refractivity contribution is -0.148. The van der Waals surface area contributed by atoms with E-state index in [1.54, 1.807) is 25.7 Å². The van der Waals surface area contributed by atoms with Crippen molar-refractivity contribution in [2.75, 3.05) is 5.32 Å². The highest BCUT2D eigenvalue weighted by molar-refractivity contribution is 5.99. The lowest BCUT2D eigenvalue weighted by Crippen LogP contribution is -2.60. The molecule has 2 unspecified atom stereocenters. The molecule has 2 aromatic rings. The van der Waals surface area contributed by atoms with Crippen molar-refractivity contribution in [3.8, 4) is 0 Å². The second kappa shape index (κ2) is 12.7. The number of rotatable bonds is 9. The molecule has 0 aliphatic rings. The Labute approximate surface area is 234 Å². The molecule has 0 aliphatic heterocycles. The van der Waals surface area contributed by atoms with E-state index >= 15 is 0 Å². The number of nitrogens with zero attached hydrogens (tertiary/aromatic N) is 1. The van der Waals surface area contributed by atoms with Crippen molar-refractivity contribution in [1.29, 1.82) is 0 Å². The smallest absolute Gasteiger partial charge is 0.408 e. The molecular weight excluding hydrogens is 490 g/mol. The van der Waals surface area contributed by atoms with Crippen molar-refractivity contribution in [2.45, 2.75) is 106 Å². The number of aryl methyl sites for hydroxylation is 3. The molecule has 3 amide bonds. The lowest BCUT2D eigenvalue weighted by atomic mass is 9.89. The molecule has 0 saturated carbocycles. The number of hydrogen-bond acceptors (Lipinski definition) is 4. The second-order valence-electron chi connectivity index (χ2n) is 12.3. The minimum absolute atomic E-state index is 0.250. The van der Waals surface area contributed by atoms with Gasteiger partial charge in [-0.2, -0.15) is 0 Å². The highest BCUT2D eigenvalue weighted by Gasteiger charge is 2.44. The van der Waals surface area contributed by atoms with Crippen molar-refractivity contribution in [1.82, 2.24) is 10.2 Å². The van der Waals surface area contributed by atoms with E-state index < -0.39 is 29.3 Å². The van der Waals surface area contributed by atoms with Crippen LogP contribution in [0.3, 0.4) is 0 Å². The van der Waals surface area contributed by atoms with Gasteiger partial charge in [0, 0.05) is 11.2 Å². The maximum Gasteiger partial charge on any atom is 0.408 e. The molecule has 39 heavy (non-hydrogen) atoms. The molecule has 0 spiro atoms. The molecule has 0 saturated heterocycles. The molecule has 0 radical (unpaired) electrons. The predicted molar refractivity (Wildman–Crippen MR) is 158 cm³/mol. The van der Waals surface area contributed by atoms with Gasteiger partial charge in [0.25, 0.3) is 5.91 Å². The van der Waals surface area contributed by atoms with Crippen LogP contribution >= 0.6 is 0 Å². The first-order chi connectivity index (χ1) is 18.0. The van der Waals surface area contributed by atoms with Crippen LogP contribution in [0.25, 0.3) is 0 Å². The number of carbonyl (C=O) groups is 3. The van der Waals surface area contributed by atoms with Crippen LogP contribution in [-0.2, 0) is 14.3 Å². The highest BCUT2D eigenvalue weighted by Crippen LogP contribution is 2.34. The van der Waals surface area contributed by atoms with Crippen LogP contribution in [0, 0.1) is 26.7 Å². The summed E-state index contributed by atoms with van der Waals surface area (Å²) in [7, 11) is 0. The molecule has 2 N–H and O–H groups in total.